The molecule has 4 fully saturated rings. The molecule has 1 atom stereocenters. The number of hydrogen-bond donors (Lipinski definition) is 2. The summed E-state index contributed by atoms with van der Waals surface area (Å²) in [5.74, 6) is 3.31. The first-order valence-corrected chi connectivity index (χ1v) is 11.1. The molecule has 0 aromatic heterocycles. The molecule has 4 aliphatic carbocycles. The second kappa shape index (κ2) is 7.66. The van der Waals surface area contributed by atoms with E-state index in [1.165, 1.54) is 38.5 Å². The Morgan fingerprint density at radius 2 is 1.57 bits per heavy atom. The van der Waals surface area contributed by atoms with E-state index in [-0.39, 0.29) is 12.0 Å². The summed E-state index contributed by atoms with van der Waals surface area (Å²) >= 11 is 5.48. The normalized spacial score (nSPS) is 31.5. The van der Waals surface area contributed by atoms with Gasteiger partial charge in [-0.15, -0.1) is 0 Å². The van der Waals surface area contributed by atoms with Gasteiger partial charge in [0.15, 0.2) is 5.11 Å². The number of carbonyl (C=O) groups excluding carboxylic acids is 1. The molecular weight excluding hydrogens is 368 g/mol. The van der Waals surface area contributed by atoms with Crippen LogP contribution in [0.5, 0.6) is 5.75 Å². The Hall–Kier alpha value is -1.62. The summed E-state index contributed by atoms with van der Waals surface area (Å²) in [4.78, 5) is 12.5. The lowest BCUT2D eigenvalue weighted by Crippen LogP contribution is -2.57. The fourth-order valence-corrected chi connectivity index (χ4v) is 6.50. The fourth-order valence-electron chi connectivity index (χ4n) is 6.23. The van der Waals surface area contributed by atoms with Gasteiger partial charge in [-0.1, -0.05) is 0 Å². The van der Waals surface area contributed by atoms with Crippen LogP contribution in [0.4, 0.5) is 0 Å². The van der Waals surface area contributed by atoms with Gasteiger partial charge in [-0.05, 0) is 119 Å². The molecule has 0 spiro atoms. The van der Waals surface area contributed by atoms with Gasteiger partial charge in [0.2, 0.25) is 0 Å². The largest absolute Gasteiger partial charge is 0.491 e. The van der Waals surface area contributed by atoms with Crippen LogP contribution < -0.4 is 15.4 Å². The minimum absolute atomic E-state index is 0.113. The van der Waals surface area contributed by atoms with Gasteiger partial charge in [-0.25, -0.2) is 0 Å². The maximum atomic E-state index is 12.5. The molecule has 4 saturated carbocycles. The van der Waals surface area contributed by atoms with E-state index in [0.717, 1.165) is 23.5 Å². The molecule has 0 heterocycles. The first kappa shape index (κ1) is 19.7. The number of benzene rings is 1. The Balaban J connectivity index is 1.33. The first-order valence-electron chi connectivity index (χ1n) is 10.7. The molecule has 5 rings (SSSR count). The number of rotatable bonds is 5. The van der Waals surface area contributed by atoms with Crippen molar-refractivity contribution >= 4 is 23.2 Å². The molecule has 1 aromatic carbocycles. The highest BCUT2D eigenvalue weighted by Crippen LogP contribution is 2.61. The van der Waals surface area contributed by atoms with Crippen molar-refractivity contribution in [3.05, 3.63) is 29.8 Å². The molecule has 1 amide bonds. The molecule has 4 nitrogen and oxygen atoms in total. The van der Waals surface area contributed by atoms with Crippen molar-refractivity contribution in [2.75, 3.05) is 0 Å². The van der Waals surface area contributed by atoms with E-state index in [1.54, 1.807) is 12.1 Å². The lowest BCUT2D eigenvalue weighted by atomic mass is 9.48. The van der Waals surface area contributed by atoms with Gasteiger partial charge in [-0.3, -0.25) is 10.1 Å². The lowest BCUT2D eigenvalue weighted by Gasteiger charge is -2.59. The Morgan fingerprint density at radius 3 is 2.07 bits per heavy atom. The first-order chi connectivity index (χ1) is 13.3. The zero-order valence-electron chi connectivity index (χ0n) is 17.2. The second-order valence-electron chi connectivity index (χ2n) is 9.62. The fraction of sp³-hybridized carbons (Fsp3) is 0.652. The topological polar surface area (TPSA) is 50.4 Å². The molecule has 2 N–H and O–H groups in total. The molecule has 28 heavy (non-hydrogen) atoms. The van der Waals surface area contributed by atoms with Crippen LogP contribution in [-0.4, -0.2) is 23.2 Å². The van der Waals surface area contributed by atoms with Crippen molar-refractivity contribution in [1.82, 2.24) is 10.6 Å². The van der Waals surface area contributed by atoms with Gasteiger partial charge in [0.1, 0.15) is 5.75 Å². The highest BCUT2D eigenvalue weighted by Gasteiger charge is 2.53. The molecule has 4 bridgehead atoms. The van der Waals surface area contributed by atoms with E-state index in [0.29, 0.717) is 22.1 Å². The second-order valence-corrected chi connectivity index (χ2v) is 10.0. The standard InChI is InChI=1S/C23H32N2O2S/c1-14(2)27-20-6-4-19(5-7-20)21(26)25-22(28)24-15(3)23-11-16-8-17(12-23)10-18(9-16)13-23/h4-7,14-18H,8-13H2,1-3H3,(H2,24,25,26,28). The third-order valence-corrected chi connectivity index (χ3v) is 7.29. The summed E-state index contributed by atoms with van der Waals surface area (Å²) in [6, 6.07) is 7.50. The molecule has 152 valence electrons. The van der Waals surface area contributed by atoms with E-state index < -0.39 is 0 Å². The van der Waals surface area contributed by atoms with Crippen LogP contribution in [-0.2, 0) is 0 Å². The Kier molecular flexibility index (Phi) is 5.38. The maximum absolute atomic E-state index is 12.5. The van der Waals surface area contributed by atoms with Crippen molar-refractivity contribution < 1.29 is 9.53 Å². The van der Waals surface area contributed by atoms with Gasteiger partial charge < -0.3 is 10.1 Å². The van der Waals surface area contributed by atoms with E-state index >= 15 is 0 Å². The van der Waals surface area contributed by atoms with E-state index in [4.69, 9.17) is 17.0 Å². The predicted molar refractivity (Wildman–Crippen MR) is 115 cm³/mol. The van der Waals surface area contributed by atoms with Crippen LogP contribution in [0.1, 0.15) is 69.7 Å². The molecule has 5 heteroatoms. The summed E-state index contributed by atoms with van der Waals surface area (Å²) in [6.07, 6.45) is 8.38. The van der Waals surface area contributed by atoms with Crippen LogP contribution in [0.25, 0.3) is 0 Å². The number of nitrogens with one attached hydrogen (secondary N) is 2. The van der Waals surface area contributed by atoms with Gasteiger partial charge in [0, 0.05) is 11.6 Å². The molecule has 0 aliphatic heterocycles. The van der Waals surface area contributed by atoms with Crippen molar-refractivity contribution in [3.63, 3.8) is 0 Å². The molecular formula is C23H32N2O2S. The predicted octanol–water partition coefficient (Wildman–Crippen LogP) is 4.68. The minimum Gasteiger partial charge on any atom is -0.491 e. The average Bonchev–Trinajstić information content (AvgIpc) is 2.60. The average molecular weight is 401 g/mol. The van der Waals surface area contributed by atoms with Crippen LogP contribution in [0.3, 0.4) is 0 Å². The summed E-state index contributed by atoms with van der Waals surface area (Å²) < 4.78 is 5.63. The Morgan fingerprint density at radius 1 is 1.04 bits per heavy atom. The van der Waals surface area contributed by atoms with Gasteiger partial charge in [0.05, 0.1) is 6.10 Å². The number of thiocarbonyl (C=S) groups is 1. The molecule has 0 saturated heterocycles. The third kappa shape index (κ3) is 4.05. The highest BCUT2D eigenvalue weighted by atomic mass is 32.1. The minimum atomic E-state index is -0.175. The van der Waals surface area contributed by atoms with Gasteiger partial charge in [-0.2, -0.15) is 0 Å². The summed E-state index contributed by atoms with van der Waals surface area (Å²) in [5.41, 5.74) is 0.946. The van der Waals surface area contributed by atoms with Gasteiger partial charge >= 0.3 is 0 Å². The van der Waals surface area contributed by atoms with Crippen molar-refractivity contribution in [2.45, 2.75) is 71.4 Å². The summed E-state index contributed by atoms with van der Waals surface area (Å²) in [5, 5.41) is 6.75. The zero-order valence-corrected chi connectivity index (χ0v) is 18.0. The molecule has 1 aromatic rings. The Bertz CT molecular complexity index is 708. The van der Waals surface area contributed by atoms with Crippen LogP contribution in [0.15, 0.2) is 24.3 Å². The maximum Gasteiger partial charge on any atom is 0.257 e. The number of amides is 1. The summed E-state index contributed by atoms with van der Waals surface area (Å²) in [7, 11) is 0. The SMILES string of the molecule is CC(C)Oc1ccc(C(=O)NC(=S)NC(C)C23CC4CC(CC(C4)C2)C3)cc1. The van der Waals surface area contributed by atoms with Crippen LogP contribution in [0.2, 0.25) is 0 Å². The Labute approximate surface area is 173 Å². The van der Waals surface area contributed by atoms with Crippen molar-refractivity contribution in [2.24, 2.45) is 23.2 Å². The molecule has 1 unspecified atom stereocenters. The van der Waals surface area contributed by atoms with Crippen LogP contribution in [0, 0.1) is 23.2 Å². The van der Waals surface area contributed by atoms with E-state index in [1.807, 2.05) is 26.0 Å². The van der Waals surface area contributed by atoms with E-state index in [2.05, 4.69) is 17.6 Å². The lowest BCUT2D eigenvalue weighted by molar-refractivity contribution is -0.0672. The van der Waals surface area contributed by atoms with Crippen LogP contribution >= 0.6 is 12.2 Å². The monoisotopic (exact) mass is 400 g/mol. The van der Waals surface area contributed by atoms with Gasteiger partial charge in [0.25, 0.3) is 5.91 Å². The zero-order chi connectivity index (χ0) is 19.9. The van der Waals surface area contributed by atoms with Crippen molar-refractivity contribution in [1.29, 1.82) is 0 Å². The van der Waals surface area contributed by atoms with Crippen molar-refractivity contribution in [3.8, 4) is 5.75 Å². The third-order valence-electron chi connectivity index (χ3n) is 7.07. The summed E-state index contributed by atoms with van der Waals surface area (Å²) in [6.45, 7) is 6.22. The quantitative estimate of drug-likeness (QED) is 0.705. The molecule has 4 aliphatic rings. The van der Waals surface area contributed by atoms with E-state index in [9.17, 15) is 4.79 Å². The molecule has 0 radical (unpaired) electrons. The smallest absolute Gasteiger partial charge is 0.257 e. The highest BCUT2D eigenvalue weighted by molar-refractivity contribution is 7.80. The number of ether oxygens (including phenoxy) is 1. The number of hydrogen-bond acceptors (Lipinski definition) is 3. The number of carbonyl (C=O) groups is 1.